The van der Waals surface area contributed by atoms with Gasteiger partial charge >= 0.3 is 5.97 Å². The van der Waals surface area contributed by atoms with Gasteiger partial charge in [0.25, 0.3) is 0 Å². The van der Waals surface area contributed by atoms with Crippen molar-refractivity contribution in [3.63, 3.8) is 0 Å². The van der Waals surface area contributed by atoms with Crippen LogP contribution in [0.5, 0.6) is 17.2 Å². The Kier molecular flexibility index (Phi) is 3.58. The molecule has 2 aromatic rings. The third-order valence-electron chi connectivity index (χ3n) is 3.30. The third-order valence-corrected chi connectivity index (χ3v) is 3.58. The van der Waals surface area contributed by atoms with E-state index in [-0.39, 0.29) is 5.69 Å². The molecule has 1 aliphatic heterocycles. The lowest BCUT2D eigenvalue weighted by molar-refractivity contribution is 0.0689. The second-order valence-corrected chi connectivity index (χ2v) is 5.04. The number of aromatic nitrogens is 2. The zero-order valence-electron chi connectivity index (χ0n) is 11.9. The Bertz CT molecular complexity index is 756. The van der Waals surface area contributed by atoms with Crippen LogP contribution in [0.2, 0.25) is 5.02 Å². The van der Waals surface area contributed by atoms with E-state index in [4.69, 9.17) is 30.9 Å². The average molecular weight is 325 g/mol. The van der Waals surface area contributed by atoms with Crippen LogP contribution in [0.3, 0.4) is 0 Å². The van der Waals surface area contributed by atoms with Crippen LogP contribution in [0.4, 0.5) is 0 Å². The molecule has 1 aliphatic rings. The van der Waals surface area contributed by atoms with Gasteiger partial charge in [0, 0.05) is 13.1 Å². The molecule has 116 valence electrons. The molecule has 0 fully saturated rings. The normalized spacial score (nSPS) is 13.0. The Balaban J connectivity index is 2.29. The molecule has 0 atom stereocenters. The maximum atomic E-state index is 11.1. The summed E-state index contributed by atoms with van der Waals surface area (Å²) in [6.45, 7) is 0.801. The van der Waals surface area contributed by atoms with E-state index < -0.39 is 5.97 Å². The molecule has 22 heavy (non-hydrogen) atoms. The van der Waals surface area contributed by atoms with Crippen molar-refractivity contribution in [2.45, 2.75) is 0 Å². The van der Waals surface area contributed by atoms with Crippen LogP contribution in [0.25, 0.3) is 11.3 Å². The number of hydrogen-bond donors (Lipinski definition) is 1. The lowest BCUT2D eigenvalue weighted by Crippen LogP contribution is -2.16. The maximum absolute atomic E-state index is 11.1. The van der Waals surface area contributed by atoms with Crippen LogP contribution >= 0.6 is 11.6 Å². The Labute approximate surface area is 131 Å². The molecule has 0 aliphatic carbocycles. The van der Waals surface area contributed by atoms with Crippen LogP contribution in [0.1, 0.15) is 10.5 Å². The first-order chi connectivity index (χ1) is 10.5. The summed E-state index contributed by atoms with van der Waals surface area (Å²) in [4.78, 5) is 11.1. The van der Waals surface area contributed by atoms with Crippen LogP contribution in [0, 0.1) is 0 Å². The van der Waals surface area contributed by atoms with Crippen molar-refractivity contribution in [1.29, 1.82) is 0 Å². The van der Waals surface area contributed by atoms with Gasteiger partial charge in [-0.05, 0) is 6.07 Å². The fourth-order valence-electron chi connectivity index (χ4n) is 2.38. The van der Waals surface area contributed by atoms with E-state index in [0.717, 1.165) is 0 Å². The lowest BCUT2D eigenvalue weighted by atomic mass is 10.1. The molecule has 1 aromatic heterocycles. The topological polar surface area (TPSA) is 82.8 Å². The number of fused-ring (bicyclic) bond motifs is 1. The Morgan fingerprint density at radius 3 is 2.77 bits per heavy atom. The zero-order valence-corrected chi connectivity index (χ0v) is 12.7. The molecule has 2 heterocycles. The molecule has 7 nitrogen and oxygen atoms in total. The monoisotopic (exact) mass is 324 g/mol. The summed E-state index contributed by atoms with van der Waals surface area (Å²) < 4.78 is 18.0. The average Bonchev–Trinajstić information content (AvgIpc) is 2.87. The number of nitrogens with zero attached hydrogens (tertiary/aromatic N) is 2. The predicted octanol–water partition coefficient (Wildman–Crippen LogP) is 2.22. The van der Waals surface area contributed by atoms with Crippen LogP contribution in [0.15, 0.2) is 12.1 Å². The van der Waals surface area contributed by atoms with E-state index in [9.17, 15) is 4.79 Å². The van der Waals surface area contributed by atoms with Crippen molar-refractivity contribution in [1.82, 2.24) is 9.78 Å². The minimum absolute atomic E-state index is 0.0787. The molecule has 1 N–H and O–H groups in total. The molecule has 0 bridgehead atoms. The molecule has 3 rings (SSSR count). The number of aromatic carboxylic acids is 1. The number of ether oxygens (including phenoxy) is 3. The number of carboxylic acids is 1. The summed E-state index contributed by atoms with van der Waals surface area (Å²) in [5, 5.41) is 13.4. The number of benzene rings is 1. The molecule has 0 radical (unpaired) electrons. The molecule has 0 unspecified atom stereocenters. The summed E-state index contributed by atoms with van der Waals surface area (Å²) in [7, 11) is 3.12. The number of carboxylic acid groups (broad SMARTS) is 1. The van der Waals surface area contributed by atoms with E-state index in [1.807, 2.05) is 0 Å². The fraction of sp³-hybridized carbons (Fsp3) is 0.286. The largest absolute Gasteiger partial charge is 0.494 e. The zero-order chi connectivity index (χ0) is 15.9. The van der Waals surface area contributed by atoms with E-state index in [2.05, 4.69) is 5.10 Å². The van der Waals surface area contributed by atoms with Gasteiger partial charge in [0.15, 0.2) is 22.9 Å². The van der Waals surface area contributed by atoms with Gasteiger partial charge in [0.1, 0.15) is 13.2 Å². The number of rotatable bonds is 3. The van der Waals surface area contributed by atoms with Crippen LogP contribution < -0.4 is 14.2 Å². The lowest BCUT2D eigenvalue weighted by Gasteiger charge is -2.23. The van der Waals surface area contributed by atoms with Gasteiger partial charge in [-0.2, -0.15) is 5.10 Å². The molecule has 0 saturated heterocycles. The van der Waals surface area contributed by atoms with Crippen molar-refractivity contribution < 1.29 is 24.1 Å². The first kappa shape index (κ1) is 14.5. The molecule has 1 aromatic carbocycles. The fourth-order valence-corrected chi connectivity index (χ4v) is 2.65. The first-order valence-corrected chi connectivity index (χ1v) is 6.84. The van der Waals surface area contributed by atoms with Crippen molar-refractivity contribution in [2.24, 2.45) is 7.05 Å². The first-order valence-electron chi connectivity index (χ1n) is 6.46. The highest BCUT2D eigenvalue weighted by atomic mass is 35.5. The standard InChI is InChI=1S/C14H13ClN2O5/c1-17-9(6-8(16-17)14(18)19)11-12(20-2)7(15)5-10-13(11)22-4-3-21-10/h5-6H,3-4H2,1-2H3,(H,18,19). The van der Waals surface area contributed by atoms with Crippen molar-refractivity contribution in [3.05, 3.63) is 22.8 Å². The van der Waals surface area contributed by atoms with Gasteiger partial charge in [-0.15, -0.1) is 0 Å². The Morgan fingerprint density at radius 2 is 2.14 bits per heavy atom. The van der Waals surface area contributed by atoms with E-state index >= 15 is 0 Å². The molecule has 0 spiro atoms. The smallest absolute Gasteiger partial charge is 0.356 e. The van der Waals surface area contributed by atoms with Gasteiger partial charge in [-0.25, -0.2) is 4.79 Å². The molecule has 0 amide bonds. The van der Waals surface area contributed by atoms with Crippen LogP contribution in [-0.2, 0) is 7.05 Å². The number of carbonyl (C=O) groups is 1. The maximum Gasteiger partial charge on any atom is 0.356 e. The van der Waals surface area contributed by atoms with E-state index in [1.54, 1.807) is 13.1 Å². The highest BCUT2D eigenvalue weighted by Gasteiger charge is 2.27. The highest BCUT2D eigenvalue weighted by Crippen LogP contribution is 2.49. The van der Waals surface area contributed by atoms with Crippen molar-refractivity contribution in [2.75, 3.05) is 20.3 Å². The Morgan fingerprint density at radius 1 is 1.41 bits per heavy atom. The summed E-state index contributed by atoms with van der Waals surface area (Å²) in [6, 6.07) is 3.06. The van der Waals surface area contributed by atoms with Crippen LogP contribution in [-0.4, -0.2) is 41.2 Å². The number of hydrogen-bond acceptors (Lipinski definition) is 5. The number of aryl methyl sites for hydroxylation is 1. The number of methoxy groups -OCH3 is 1. The minimum Gasteiger partial charge on any atom is -0.494 e. The van der Waals surface area contributed by atoms with Gasteiger partial charge < -0.3 is 19.3 Å². The van der Waals surface area contributed by atoms with Crippen molar-refractivity contribution in [3.8, 4) is 28.5 Å². The Hall–Kier alpha value is -2.41. The molecular formula is C14H13ClN2O5. The van der Waals surface area contributed by atoms with E-state index in [1.165, 1.54) is 17.9 Å². The second kappa shape index (κ2) is 5.42. The van der Waals surface area contributed by atoms with Gasteiger partial charge in [0.2, 0.25) is 0 Å². The summed E-state index contributed by atoms with van der Waals surface area (Å²) in [5.74, 6) is 0.220. The molecule has 8 heteroatoms. The second-order valence-electron chi connectivity index (χ2n) is 4.63. The van der Waals surface area contributed by atoms with Gasteiger partial charge in [-0.1, -0.05) is 11.6 Å². The number of halogens is 1. The highest BCUT2D eigenvalue weighted by molar-refractivity contribution is 6.33. The summed E-state index contributed by atoms with van der Waals surface area (Å²) in [6.07, 6.45) is 0. The third kappa shape index (κ3) is 2.23. The van der Waals surface area contributed by atoms with Gasteiger partial charge in [-0.3, -0.25) is 4.68 Å². The van der Waals surface area contributed by atoms with Gasteiger partial charge in [0.05, 0.1) is 23.4 Å². The molecule has 0 saturated carbocycles. The van der Waals surface area contributed by atoms with E-state index in [0.29, 0.717) is 46.7 Å². The SMILES string of the molecule is COc1c(Cl)cc2c(c1-c1cc(C(=O)O)nn1C)OCCO2. The van der Waals surface area contributed by atoms with Crippen molar-refractivity contribution >= 4 is 17.6 Å². The molecular weight excluding hydrogens is 312 g/mol. The quantitative estimate of drug-likeness (QED) is 0.932. The predicted molar refractivity (Wildman–Crippen MR) is 78.2 cm³/mol. The summed E-state index contributed by atoms with van der Waals surface area (Å²) in [5.41, 5.74) is 0.954. The minimum atomic E-state index is -1.12. The summed E-state index contributed by atoms with van der Waals surface area (Å²) >= 11 is 6.23.